The maximum Gasteiger partial charge on any atom is 0.334 e. The fourth-order valence-corrected chi connectivity index (χ4v) is 1.40. The van der Waals surface area contributed by atoms with Gasteiger partial charge < -0.3 is 20.5 Å². The molecule has 7 heteroatoms. The van der Waals surface area contributed by atoms with Gasteiger partial charge in [0.15, 0.2) is 6.10 Å². The van der Waals surface area contributed by atoms with Gasteiger partial charge in [-0.1, -0.05) is 0 Å². The number of rotatable bonds is 5. The first-order valence-corrected chi connectivity index (χ1v) is 4.84. The van der Waals surface area contributed by atoms with E-state index in [4.69, 9.17) is 5.11 Å². The van der Waals surface area contributed by atoms with Gasteiger partial charge in [0.05, 0.1) is 12.5 Å². The average Bonchev–Trinajstić information content (AvgIpc) is 2.65. The lowest BCUT2D eigenvalue weighted by molar-refractivity contribution is -0.148. The Bertz CT molecular complexity index is 304. The van der Waals surface area contributed by atoms with Crippen molar-refractivity contribution in [3.05, 3.63) is 0 Å². The number of carboxylic acids is 1. The Balaban J connectivity index is 2.34. The number of carbonyl (C=O) groups is 3. The predicted molar refractivity (Wildman–Crippen MR) is 52.6 cm³/mol. The maximum atomic E-state index is 11.5. The predicted octanol–water partition coefficient (Wildman–Crippen LogP) is -1.66. The fourth-order valence-electron chi connectivity index (χ4n) is 1.40. The second kappa shape index (κ2) is 5.45. The van der Waals surface area contributed by atoms with Gasteiger partial charge in [0.25, 0.3) is 0 Å². The first-order chi connectivity index (χ1) is 7.54. The summed E-state index contributed by atoms with van der Waals surface area (Å²) in [6.45, 7) is 0.199. The van der Waals surface area contributed by atoms with Crippen molar-refractivity contribution in [2.75, 3.05) is 20.2 Å². The van der Waals surface area contributed by atoms with Crippen molar-refractivity contribution in [3.63, 3.8) is 0 Å². The molecule has 2 unspecified atom stereocenters. The number of carboxylic acid groups (broad SMARTS) is 1. The molecular weight excluding hydrogens is 216 g/mol. The summed E-state index contributed by atoms with van der Waals surface area (Å²) in [6, 6.07) is 0. The highest BCUT2D eigenvalue weighted by Crippen LogP contribution is 2.08. The van der Waals surface area contributed by atoms with Crippen molar-refractivity contribution in [3.8, 4) is 0 Å². The molecule has 90 valence electrons. The summed E-state index contributed by atoms with van der Waals surface area (Å²) in [7, 11) is 1.26. The van der Waals surface area contributed by atoms with Crippen molar-refractivity contribution in [2.45, 2.75) is 12.5 Å². The van der Waals surface area contributed by atoms with Crippen LogP contribution in [0.1, 0.15) is 6.42 Å². The molecule has 0 aromatic heterocycles. The summed E-state index contributed by atoms with van der Waals surface area (Å²) in [5.41, 5.74) is 0. The van der Waals surface area contributed by atoms with Crippen molar-refractivity contribution in [1.82, 2.24) is 10.6 Å². The Labute approximate surface area is 92.1 Å². The van der Waals surface area contributed by atoms with Crippen LogP contribution in [0.4, 0.5) is 0 Å². The molecular formula is C9H14N2O5. The van der Waals surface area contributed by atoms with Crippen LogP contribution >= 0.6 is 0 Å². The first kappa shape index (κ1) is 12.4. The SMILES string of the molecule is COC(CNC(=O)C1CNC(=O)C1)C(=O)O. The number of carbonyl (C=O) groups excluding carboxylic acids is 2. The number of aliphatic carboxylic acids is 1. The Kier molecular flexibility index (Phi) is 4.24. The molecule has 3 N–H and O–H groups in total. The van der Waals surface area contributed by atoms with Gasteiger partial charge in [0.2, 0.25) is 11.8 Å². The van der Waals surface area contributed by atoms with E-state index in [-0.39, 0.29) is 24.8 Å². The summed E-state index contributed by atoms with van der Waals surface area (Å²) < 4.78 is 4.65. The second-order valence-electron chi connectivity index (χ2n) is 3.51. The third-order valence-electron chi connectivity index (χ3n) is 2.37. The van der Waals surface area contributed by atoms with Gasteiger partial charge in [0, 0.05) is 20.1 Å². The topological polar surface area (TPSA) is 105 Å². The van der Waals surface area contributed by atoms with Gasteiger partial charge in [-0.05, 0) is 0 Å². The summed E-state index contributed by atoms with van der Waals surface area (Å²) in [5, 5.41) is 13.6. The molecule has 0 aromatic rings. The van der Waals surface area contributed by atoms with Gasteiger partial charge in [0.1, 0.15) is 0 Å². The summed E-state index contributed by atoms with van der Waals surface area (Å²) in [5.74, 6) is -2.05. The molecule has 1 saturated heterocycles. The molecule has 0 aromatic carbocycles. The molecule has 1 heterocycles. The smallest absolute Gasteiger partial charge is 0.334 e. The minimum Gasteiger partial charge on any atom is -0.479 e. The fraction of sp³-hybridized carbons (Fsp3) is 0.667. The number of hydrogen-bond donors (Lipinski definition) is 3. The number of ether oxygens (including phenoxy) is 1. The Morgan fingerprint density at radius 2 is 2.38 bits per heavy atom. The molecule has 0 radical (unpaired) electrons. The largest absolute Gasteiger partial charge is 0.479 e. The Morgan fingerprint density at radius 3 is 2.81 bits per heavy atom. The van der Waals surface area contributed by atoms with Gasteiger partial charge in [-0.3, -0.25) is 9.59 Å². The highest BCUT2D eigenvalue weighted by atomic mass is 16.5. The van der Waals surface area contributed by atoms with E-state index in [0.717, 1.165) is 0 Å². The molecule has 16 heavy (non-hydrogen) atoms. The average molecular weight is 230 g/mol. The van der Waals surface area contributed by atoms with Crippen LogP contribution in [-0.4, -0.2) is 49.2 Å². The van der Waals surface area contributed by atoms with E-state index in [0.29, 0.717) is 6.54 Å². The van der Waals surface area contributed by atoms with Crippen LogP contribution in [0, 0.1) is 5.92 Å². The number of hydrogen-bond acceptors (Lipinski definition) is 4. The molecule has 1 aliphatic heterocycles. The van der Waals surface area contributed by atoms with E-state index in [1.165, 1.54) is 7.11 Å². The lowest BCUT2D eigenvalue weighted by atomic mass is 10.1. The molecule has 2 amide bonds. The maximum absolute atomic E-state index is 11.5. The van der Waals surface area contributed by atoms with E-state index >= 15 is 0 Å². The van der Waals surface area contributed by atoms with Crippen LogP contribution in [0.25, 0.3) is 0 Å². The molecule has 0 aliphatic carbocycles. The molecule has 0 bridgehead atoms. The Hall–Kier alpha value is -1.63. The minimum absolute atomic E-state index is 0.102. The summed E-state index contributed by atoms with van der Waals surface area (Å²) >= 11 is 0. The van der Waals surface area contributed by atoms with Crippen molar-refractivity contribution in [1.29, 1.82) is 0 Å². The molecule has 1 aliphatic rings. The zero-order valence-electron chi connectivity index (χ0n) is 8.86. The zero-order valence-corrected chi connectivity index (χ0v) is 8.86. The third kappa shape index (κ3) is 3.20. The molecule has 0 spiro atoms. The van der Waals surface area contributed by atoms with Crippen LogP contribution in [0.5, 0.6) is 0 Å². The molecule has 1 fully saturated rings. The number of amides is 2. The normalized spacial score (nSPS) is 21.3. The standard InChI is InChI=1S/C9H14N2O5/c1-16-6(9(14)15)4-11-8(13)5-2-7(12)10-3-5/h5-6H,2-4H2,1H3,(H,10,12)(H,11,13)(H,14,15). The highest BCUT2D eigenvalue weighted by molar-refractivity contribution is 5.89. The zero-order chi connectivity index (χ0) is 12.1. The van der Waals surface area contributed by atoms with E-state index in [1.54, 1.807) is 0 Å². The van der Waals surface area contributed by atoms with Gasteiger partial charge >= 0.3 is 5.97 Å². The summed E-state index contributed by atoms with van der Waals surface area (Å²) in [4.78, 5) is 32.9. The molecule has 0 saturated carbocycles. The van der Waals surface area contributed by atoms with Crippen LogP contribution in [0.3, 0.4) is 0 Å². The highest BCUT2D eigenvalue weighted by Gasteiger charge is 2.28. The minimum atomic E-state index is -1.14. The van der Waals surface area contributed by atoms with Gasteiger partial charge in [-0.15, -0.1) is 0 Å². The second-order valence-corrected chi connectivity index (χ2v) is 3.51. The number of nitrogens with one attached hydrogen (secondary N) is 2. The van der Waals surface area contributed by atoms with Crippen molar-refractivity contribution >= 4 is 17.8 Å². The molecule has 2 atom stereocenters. The molecule has 1 rings (SSSR count). The van der Waals surface area contributed by atoms with Crippen LogP contribution in [0.2, 0.25) is 0 Å². The first-order valence-electron chi connectivity index (χ1n) is 4.84. The third-order valence-corrected chi connectivity index (χ3v) is 2.37. The van der Waals surface area contributed by atoms with Gasteiger partial charge in [-0.2, -0.15) is 0 Å². The van der Waals surface area contributed by atoms with Crippen molar-refractivity contribution in [2.24, 2.45) is 5.92 Å². The lowest BCUT2D eigenvalue weighted by Gasteiger charge is -2.13. The van der Waals surface area contributed by atoms with E-state index in [2.05, 4.69) is 15.4 Å². The van der Waals surface area contributed by atoms with Crippen molar-refractivity contribution < 1.29 is 24.2 Å². The Morgan fingerprint density at radius 1 is 1.69 bits per heavy atom. The quantitative estimate of drug-likeness (QED) is 0.524. The van der Waals surface area contributed by atoms with E-state index < -0.39 is 18.0 Å². The van der Waals surface area contributed by atoms with Crippen LogP contribution < -0.4 is 10.6 Å². The van der Waals surface area contributed by atoms with Crippen LogP contribution in [0.15, 0.2) is 0 Å². The lowest BCUT2D eigenvalue weighted by Crippen LogP contribution is -2.40. The van der Waals surface area contributed by atoms with Crippen LogP contribution in [-0.2, 0) is 19.1 Å². The van der Waals surface area contributed by atoms with E-state index in [9.17, 15) is 14.4 Å². The molecule has 7 nitrogen and oxygen atoms in total. The number of methoxy groups -OCH3 is 1. The van der Waals surface area contributed by atoms with Gasteiger partial charge in [-0.25, -0.2) is 4.79 Å². The summed E-state index contributed by atoms with van der Waals surface area (Å²) in [6.07, 6.45) is -0.912. The van der Waals surface area contributed by atoms with E-state index in [1.807, 2.05) is 0 Å². The monoisotopic (exact) mass is 230 g/mol.